The van der Waals surface area contributed by atoms with Crippen LogP contribution in [-0.2, 0) is 13.0 Å². The van der Waals surface area contributed by atoms with Gasteiger partial charge in [0.15, 0.2) is 0 Å². The molecular formula is C16H28N4. The number of likely N-dealkylation sites (N-methyl/N-ethyl adjacent to an activating group) is 1. The maximum atomic E-state index is 5.84. The molecule has 0 aromatic carbocycles. The van der Waals surface area contributed by atoms with Crippen LogP contribution in [-0.4, -0.2) is 42.6 Å². The molecule has 4 heteroatoms. The molecule has 1 saturated heterocycles. The number of pyridine rings is 1. The van der Waals surface area contributed by atoms with Crippen LogP contribution in [0.1, 0.15) is 37.9 Å². The van der Waals surface area contributed by atoms with E-state index in [1.54, 1.807) is 0 Å². The lowest BCUT2D eigenvalue weighted by molar-refractivity contribution is 0.327. The van der Waals surface area contributed by atoms with Crippen LogP contribution in [0.15, 0.2) is 12.1 Å². The second-order valence-corrected chi connectivity index (χ2v) is 5.75. The number of rotatable bonds is 4. The van der Waals surface area contributed by atoms with Gasteiger partial charge in [-0.05, 0) is 50.6 Å². The Balaban J connectivity index is 2.31. The lowest BCUT2D eigenvalue weighted by atomic mass is 10.1. The Labute approximate surface area is 123 Å². The zero-order valence-electron chi connectivity index (χ0n) is 13.1. The number of nitrogens with two attached hydrogens (primary N) is 1. The van der Waals surface area contributed by atoms with Crippen molar-refractivity contribution in [1.29, 1.82) is 0 Å². The molecule has 1 aliphatic rings. The average Bonchev–Trinajstić information content (AvgIpc) is 2.67. The second kappa shape index (κ2) is 7.04. The van der Waals surface area contributed by atoms with E-state index in [1.807, 2.05) is 0 Å². The van der Waals surface area contributed by atoms with E-state index in [9.17, 15) is 0 Å². The fraction of sp³-hybridized carbons (Fsp3) is 0.688. The van der Waals surface area contributed by atoms with Gasteiger partial charge in [0.1, 0.15) is 5.82 Å². The molecule has 112 valence electrons. The van der Waals surface area contributed by atoms with Crippen molar-refractivity contribution in [3.05, 3.63) is 23.4 Å². The molecule has 1 unspecified atom stereocenters. The Morgan fingerprint density at radius 3 is 2.75 bits per heavy atom. The highest BCUT2D eigenvalue weighted by molar-refractivity contribution is 5.44. The molecule has 0 saturated carbocycles. The van der Waals surface area contributed by atoms with Crippen molar-refractivity contribution < 1.29 is 0 Å². The van der Waals surface area contributed by atoms with Gasteiger partial charge in [-0.3, -0.25) is 0 Å². The van der Waals surface area contributed by atoms with E-state index in [0.717, 1.165) is 37.4 Å². The monoisotopic (exact) mass is 276 g/mol. The van der Waals surface area contributed by atoms with Crippen molar-refractivity contribution >= 4 is 5.82 Å². The first kappa shape index (κ1) is 15.3. The van der Waals surface area contributed by atoms with Crippen LogP contribution in [0.2, 0.25) is 0 Å². The minimum Gasteiger partial charge on any atom is -0.352 e. The molecule has 0 radical (unpaired) electrons. The summed E-state index contributed by atoms with van der Waals surface area (Å²) in [6.45, 7) is 8.39. The Kier molecular flexibility index (Phi) is 5.38. The average molecular weight is 276 g/mol. The van der Waals surface area contributed by atoms with Gasteiger partial charge < -0.3 is 15.5 Å². The van der Waals surface area contributed by atoms with Crippen LogP contribution in [0, 0.1) is 0 Å². The maximum absolute atomic E-state index is 5.84. The predicted molar refractivity (Wildman–Crippen MR) is 85.0 cm³/mol. The molecule has 2 rings (SSSR count). The quantitative estimate of drug-likeness (QED) is 0.914. The minimum absolute atomic E-state index is 0.549. The highest BCUT2D eigenvalue weighted by Gasteiger charge is 2.23. The lowest BCUT2D eigenvalue weighted by Gasteiger charge is -2.31. The van der Waals surface area contributed by atoms with Gasteiger partial charge in [-0.15, -0.1) is 0 Å². The van der Waals surface area contributed by atoms with Gasteiger partial charge in [-0.2, -0.15) is 0 Å². The first-order chi connectivity index (χ1) is 9.67. The molecule has 1 aliphatic heterocycles. The first-order valence-corrected chi connectivity index (χ1v) is 7.83. The minimum atomic E-state index is 0.549. The number of anilines is 1. The van der Waals surface area contributed by atoms with Crippen LogP contribution in [0.25, 0.3) is 0 Å². The Bertz CT molecular complexity index is 410. The van der Waals surface area contributed by atoms with Crippen LogP contribution in [0.3, 0.4) is 0 Å². The van der Waals surface area contributed by atoms with Gasteiger partial charge in [0.25, 0.3) is 0 Å². The largest absolute Gasteiger partial charge is 0.352 e. The van der Waals surface area contributed by atoms with Crippen molar-refractivity contribution in [3.8, 4) is 0 Å². The maximum Gasteiger partial charge on any atom is 0.129 e. The molecule has 0 bridgehead atoms. The van der Waals surface area contributed by atoms with Crippen molar-refractivity contribution in [2.75, 3.05) is 31.6 Å². The summed E-state index contributed by atoms with van der Waals surface area (Å²) in [5, 5.41) is 0. The normalized spacial score (nSPS) is 21.0. The fourth-order valence-corrected chi connectivity index (χ4v) is 2.97. The molecule has 1 atom stereocenters. The number of hydrogen-bond acceptors (Lipinski definition) is 4. The fourth-order valence-electron chi connectivity index (χ4n) is 2.97. The van der Waals surface area contributed by atoms with Crippen LogP contribution in [0.5, 0.6) is 0 Å². The number of nitrogens with zero attached hydrogens (tertiary/aromatic N) is 3. The molecule has 1 aromatic rings. The standard InChI is InChI=1S/C16H28N4/c1-4-14-9-13(11-17)10-16(18-14)20-8-6-7-19(3)12-15(20)5-2/h9-10,15H,4-8,11-12,17H2,1-3H3. The molecule has 1 aromatic heterocycles. The van der Waals surface area contributed by atoms with E-state index in [-0.39, 0.29) is 0 Å². The second-order valence-electron chi connectivity index (χ2n) is 5.75. The molecule has 0 spiro atoms. The first-order valence-electron chi connectivity index (χ1n) is 7.83. The molecule has 4 nitrogen and oxygen atoms in total. The molecule has 0 amide bonds. The third kappa shape index (κ3) is 3.49. The summed E-state index contributed by atoms with van der Waals surface area (Å²) in [5.74, 6) is 1.12. The van der Waals surface area contributed by atoms with Crippen LogP contribution in [0.4, 0.5) is 5.82 Å². The van der Waals surface area contributed by atoms with Gasteiger partial charge >= 0.3 is 0 Å². The lowest BCUT2D eigenvalue weighted by Crippen LogP contribution is -2.40. The highest BCUT2D eigenvalue weighted by atomic mass is 15.3. The summed E-state index contributed by atoms with van der Waals surface area (Å²) in [6.07, 6.45) is 3.31. The van der Waals surface area contributed by atoms with Crippen molar-refractivity contribution in [3.63, 3.8) is 0 Å². The number of aryl methyl sites for hydroxylation is 1. The Hall–Kier alpha value is -1.13. The van der Waals surface area contributed by atoms with Gasteiger partial charge in [0.05, 0.1) is 0 Å². The van der Waals surface area contributed by atoms with Crippen LogP contribution < -0.4 is 10.6 Å². The zero-order valence-corrected chi connectivity index (χ0v) is 13.1. The third-order valence-electron chi connectivity index (χ3n) is 4.19. The summed E-state index contributed by atoms with van der Waals surface area (Å²) < 4.78 is 0. The van der Waals surface area contributed by atoms with E-state index in [0.29, 0.717) is 12.6 Å². The summed E-state index contributed by atoms with van der Waals surface area (Å²) in [5.41, 5.74) is 8.18. The predicted octanol–water partition coefficient (Wildman–Crippen LogP) is 2.02. The van der Waals surface area contributed by atoms with E-state index in [2.05, 4.69) is 42.8 Å². The van der Waals surface area contributed by atoms with Gasteiger partial charge in [0.2, 0.25) is 0 Å². The van der Waals surface area contributed by atoms with Gasteiger partial charge in [0, 0.05) is 31.4 Å². The van der Waals surface area contributed by atoms with Crippen LogP contribution >= 0.6 is 0 Å². The SMILES string of the molecule is CCc1cc(CN)cc(N2CCCN(C)CC2CC)n1. The summed E-state index contributed by atoms with van der Waals surface area (Å²) in [6, 6.07) is 4.86. The van der Waals surface area contributed by atoms with Crippen molar-refractivity contribution in [1.82, 2.24) is 9.88 Å². The van der Waals surface area contributed by atoms with E-state index < -0.39 is 0 Å². The van der Waals surface area contributed by atoms with Gasteiger partial charge in [-0.1, -0.05) is 13.8 Å². The molecule has 1 fully saturated rings. The third-order valence-corrected chi connectivity index (χ3v) is 4.19. The van der Waals surface area contributed by atoms with Crippen molar-refractivity contribution in [2.24, 2.45) is 5.73 Å². The molecule has 20 heavy (non-hydrogen) atoms. The van der Waals surface area contributed by atoms with E-state index >= 15 is 0 Å². The summed E-state index contributed by atoms with van der Waals surface area (Å²) in [4.78, 5) is 9.76. The Morgan fingerprint density at radius 1 is 1.30 bits per heavy atom. The molecule has 2 N–H and O–H groups in total. The Morgan fingerprint density at radius 2 is 2.10 bits per heavy atom. The van der Waals surface area contributed by atoms with E-state index in [1.165, 1.54) is 18.5 Å². The molecule has 2 heterocycles. The molecule has 0 aliphatic carbocycles. The zero-order chi connectivity index (χ0) is 14.5. The highest BCUT2D eigenvalue weighted by Crippen LogP contribution is 2.22. The molecular weight excluding hydrogens is 248 g/mol. The van der Waals surface area contributed by atoms with Gasteiger partial charge in [-0.25, -0.2) is 4.98 Å². The summed E-state index contributed by atoms with van der Waals surface area (Å²) in [7, 11) is 2.22. The topological polar surface area (TPSA) is 45.4 Å². The summed E-state index contributed by atoms with van der Waals surface area (Å²) >= 11 is 0. The van der Waals surface area contributed by atoms with E-state index in [4.69, 9.17) is 10.7 Å². The smallest absolute Gasteiger partial charge is 0.129 e. The number of aromatic nitrogens is 1. The number of hydrogen-bond donors (Lipinski definition) is 1. The van der Waals surface area contributed by atoms with Crippen molar-refractivity contribution in [2.45, 2.75) is 45.7 Å².